The molecule has 0 aliphatic carbocycles. The summed E-state index contributed by atoms with van der Waals surface area (Å²) in [6, 6.07) is 12.1. The van der Waals surface area contributed by atoms with Crippen molar-refractivity contribution in [2.24, 2.45) is 5.73 Å². The Morgan fingerprint density at radius 2 is 2.00 bits per heavy atom. The SMILES string of the molecule is NCc1ccccc1-c1noc2cc(F)ccc12. The largest absolute Gasteiger partial charge is 0.356 e. The molecule has 1 heterocycles. The third kappa shape index (κ3) is 1.67. The highest BCUT2D eigenvalue weighted by atomic mass is 19.1. The molecule has 0 bridgehead atoms. The summed E-state index contributed by atoms with van der Waals surface area (Å²) in [7, 11) is 0. The van der Waals surface area contributed by atoms with Crippen LogP contribution >= 0.6 is 0 Å². The van der Waals surface area contributed by atoms with Crippen LogP contribution in [0, 0.1) is 5.82 Å². The molecule has 0 saturated heterocycles. The number of rotatable bonds is 2. The van der Waals surface area contributed by atoms with E-state index >= 15 is 0 Å². The number of benzene rings is 2. The molecule has 2 aromatic carbocycles. The Bertz CT molecular complexity index is 706. The summed E-state index contributed by atoms with van der Waals surface area (Å²) in [5, 5.41) is 4.81. The Morgan fingerprint density at radius 1 is 1.17 bits per heavy atom. The van der Waals surface area contributed by atoms with Crippen LogP contribution in [0.2, 0.25) is 0 Å². The number of halogens is 1. The van der Waals surface area contributed by atoms with Crippen molar-refractivity contribution in [3.8, 4) is 11.3 Å². The lowest BCUT2D eigenvalue weighted by molar-refractivity contribution is 0.457. The van der Waals surface area contributed by atoms with Crippen molar-refractivity contribution in [3.05, 3.63) is 53.8 Å². The Balaban J connectivity index is 2.26. The first-order valence-electron chi connectivity index (χ1n) is 5.63. The number of nitrogens with two attached hydrogens (primary N) is 1. The molecule has 0 radical (unpaired) electrons. The average Bonchev–Trinajstić information content (AvgIpc) is 2.81. The summed E-state index contributed by atoms with van der Waals surface area (Å²) >= 11 is 0. The van der Waals surface area contributed by atoms with E-state index in [0.29, 0.717) is 17.8 Å². The molecule has 1 aromatic heterocycles. The predicted octanol–water partition coefficient (Wildman–Crippen LogP) is 3.09. The van der Waals surface area contributed by atoms with Gasteiger partial charge in [0.2, 0.25) is 0 Å². The second-order valence-corrected chi connectivity index (χ2v) is 4.03. The molecular weight excluding hydrogens is 231 g/mol. The minimum absolute atomic E-state index is 0.336. The van der Waals surface area contributed by atoms with Gasteiger partial charge in [-0.05, 0) is 17.7 Å². The lowest BCUT2D eigenvalue weighted by Crippen LogP contribution is -1.98. The van der Waals surface area contributed by atoms with E-state index in [1.165, 1.54) is 12.1 Å². The fourth-order valence-corrected chi connectivity index (χ4v) is 2.03. The highest BCUT2D eigenvalue weighted by Gasteiger charge is 2.13. The van der Waals surface area contributed by atoms with E-state index in [4.69, 9.17) is 10.3 Å². The van der Waals surface area contributed by atoms with Crippen LogP contribution in [0.4, 0.5) is 4.39 Å². The molecule has 3 rings (SSSR count). The van der Waals surface area contributed by atoms with Crippen LogP contribution in [0.25, 0.3) is 22.2 Å². The molecule has 90 valence electrons. The van der Waals surface area contributed by atoms with Gasteiger partial charge in [0, 0.05) is 23.6 Å². The molecule has 0 atom stereocenters. The Labute approximate surface area is 103 Å². The predicted molar refractivity (Wildman–Crippen MR) is 67.3 cm³/mol. The molecule has 2 N–H and O–H groups in total. The number of hydrogen-bond donors (Lipinski definition) is 1. The van der Waals surface area contributed by atoms with Crippen LogP contribution in [0.5, 0.6) is 0 Å². The lowest BCUT2D eigenvalue weighted by atomic mass is 10.0. The fraction of sp³-hybridized carbons (Fsp3) is 0.0714. The Morgan fingerprint density at radius 3 is 2.83 bits per heavy atom. The number of aromatic nitrogens is 1. The van der Waals surface area contributed by atoms with Gasteiger partial charge in [0.1, 0.15) is 11.5 Å². The molecule has 0 amide bonds. The highest BCUT2D eigenvalue weighted by Crippen LogP contribution is 2.30. The van der Waals surface area contributed by atoms with Crippen LogP contribution in [0.1, 0.15) is 5.56 Å². The second kappa shape index (κ2) is 4.23. The molecule has 0 fully saturated rings. The van der Waals surface area contributed by atoms with Gasteiger partial charge in [0.15, 0.2) is 5.58 Å². The van der Waals surface area contributed by atoms with Gasteiger partial charge in [0.05, 0.1) is 0 Å². The normalized spacial score (nSPS) is 11.0. The molecule has 18 heavy (non-hydrogen) atoms. The molecule has 3 aromatic rings. The summed E-state index contributed by atoms with van der Waals surface area (Å²) in [6.07, 6.45) is 0. The molecule has 0 spiro atoms. The maximum atomic E-state index is 13.1. The quantitative estimate of drug-likeness (QED) is 0.751. The first-order valence-corrected chi connectivity index (χ1v) is 5.63. The van der Waals surface area contributed by atoms with Gasteiger partial charge in [-0.15, -0.1) is 0 Å². The zero-order valence-corrected chi connectivity index (χ0v) is 9.56. The fourth-order valence-electron chi connectivity index (χ4n) is 2.03. The first-order chi connectivity index (χ1) is 8.79. The smallest absolute Gasteiger partial charge is 0.170 e. The van der Waals surface area contributed by atoms with Gasteiger partial charge in [-0.1, -0.05) is 29.4 Å². The van der Waals surface area contributed by atoms with Gasteiger partial charge in [-0.3, -0.25) is 0 Å². The third-order valence-corrected chi connectivity index (χ3v) is 2.93. The van der Waals surface area contributed by atoms with E-state index in [0.717, 1.165) is 16.5 Å². The van der Waals surface area contributed by atoms with Gasteiger partial charge < -0.3 is 10.3 Å². The molecule has 0 unspecified atom stereocenters. The first kappa shape index (κ1) is 10.9. The maximum absolute atomic E-state index is 13.1. The third-order valence-electron chi connectivity index (χ3n) is 2.93. The molecular formula is C14H11FN2O. The number of fused-ring (bicyclic) bond motifs is 1. The van der Waals surface area contributed by atoms with Crippen LogP contribution < -0.4 is 5.73 Å². The highest BCUT2D eigenvalue weighted by molar-refractivity contribution is 5.92. The van der Waals surface area contributed by atoms with E-state index < -0.39 is 0 Å². The standard InChI is InChI=1S/C14H11FN2O/c15-10-5-6-12-13(7-10)18-17-14(12)11-4-2-1-3-9(11)8-16/h1-7H,8,16H2. The second-order valence-electron chi connectivity index (χ2n) is 4.03. The summed E-state index contributed by atoms with van der Waals surface area (Å²) in [6.45, 7) is 0.422. The van der Waals surface area contributed by atoms with E-state index in [1.54, 1.807) is 6.07 Å². The van der Waals surface area contributed by atoms with Crippen LogP contribution in [0.3, 0.4) is 0 Å². The summed E-state index contributed by atoms with van der Waals surface area (Å²) in [5.41, 5.74) is 8.75. The number of nitrogens with zero attached hydrogens (tertiary/aromatic N) is 1. The molecule has 4 heteroatoms. The van der Waals surface area contributed by atoms with Gasteiger partial charge >= 0.3 is 0 Å². The van der Waals surface area contributed by atoms with Crippen molar-refractivity contribution >= 4 is 11.0 Å². The summed E-state index contributed by atoms with van der Waals surface area (Å²) in [5.74, 6) is -0.336. The average molecular weight is 242 g/mol. The van der Waals surface area contributed by atoms with Crippen LogP contribution in [0.15, 0.2) is 47.0 Å². The Kier molecular flexibility index (Phi) is 2.57. The number of hydrogen-bond acceptors (Lipinski definition) is 3. The molecule has 0 saturated carbocycles. The molecule has 0 aliphatic heterocycles. The van der Waals surface area contributed by atoms with Crippen molar-refractivity contribution in [2.45, 2.75) is 6.54 Å². The van der Waals surface area contributed by atoms with Crippen molar-refractivity contribution < 1.29 is 8.91 Å². The van der Waals surface area contributed by atoms with Crippen molar-refractivity contribution in [3.63, 3.8) is 0 Å². The van der Waals surface area contributed by atoms with Gasteiger partial charge in [0.25, 0.3) is 0 Å². The van der Waals surface area contributed by atoms with Crippen molar-refractivity contribution in [1.82, 2.24) is 5.16 Å². The van der Waals surface area contributed by atoms with Crippen molar-refractivity contribution in [1.29, 1.82) is 0 Å². The molecule has 3 nitrogen and oxygen atoms in total. The minimum Gasteiger partial charge on any atom is -0.356 e. The summed E-state index contributed by atoms with van der Waals surface area (Å²) in [4.78, 5) is 0. The Hall–Kier alpha value is -2.20. The monoisotopic (exact) mass is 242 g/mol. The minimum atomic E-state index is -0.336. The van der Waals surface area contributed by atoms with Crippen molar-refractivity contribution in [2.75, 3.05) is 0 Å². The van der Waals surface area contributed by atoms with Crippen LogP contribution in [-0.2, 0) is 6.54 Å². The zero-order chi connectivity index (χ0) is 12.5. The van der Waals surface area contributed by atoms with E-state index in [9.17, 15) is 4.39 Å². The van der Waals surface area contributed by atoms with E-state index in [1.807, 2.05) is 24.3 Å². The van der Waals surface area contributed by atoms with Crippen LogP contribution in [-0.4, -0.2) is 5.16 Å². The molecule has 0 aliphatic rings. The summed E-state index contributed by atoms with van der Waals surface area (Å²) < 4.78 is 18.2. The van der Waals surface area contributed by atoms with Gasteiger partial charge in [-0.25, -0.2) is 4.39 Å². The van der Waals surface area contributed by atoms with E-state index in [2.05, 4.69) is 5.16 Å². The maximum Gasteiger partial charge on any atom is 0.170 e. The lowest BCUT2D eigenvalue weighted by Gasteiger charge is -2.03. The zero-order valence-electron chi connectivity index (χ0n) is 9.56. The van der Waals surface area contributed by atoms with E-state index in [-0.39, 0.29) is 5.82 Å². The van der Waals surface area contributed by atoms with Gasteiger partial charge in [-0.2, -0.15) is 0 Å². The topological polar surface area (TPSA) is 52.0 Å².